The summed E-state index contributed by atoms with van der Waals surface area (Å²) in [5.41, 5.74) is 6.20. The molecule has 0 unspecified atom stereocenters. The molecule has 0 heterocycles. The molecule has 0 fully saturated rings. The molecule has 0 aliphatic heterocycles. The number of nitrogens with zero attached hydrogens (tertiary/aromatic N) is 1. The van der Waals surface area contributed by atoms with Crippen LogP contribution in [0.5, 0.6) is 0 Å². The van der Waals surface area contributed by atoms with Crippen LogP contribution in [-0.2, 0) is 10.5 Å². The van der Waals surface area contributed by atoms with Gasteiger partial charge in [-0.1, -0.05) is 72.8 Å². The topological polar surface area (TPSA) is 41.5 Å². The molecule has 1 amide bonds. The van der Waals surface area contributed by atoms with E-state index in [0.717, 1.165) is 32.9 Å². The summed E-state index contributed by atoms with van der Waals surface area (Å²) in [6, 6.07) is 26.9. The van der Waals surface area contributed by atoms with E-state index in [-0.39, 0.29) is 5.91 Å². The summed E-state index contributed by atoms with van der Waals surface area (Å²) in [6.07, 6.45) is 1.76. The largest absolute Gasteiger partial charge is 0.272 e. The van der Waals surface area contributed by atoms with Crippen molar-refractivity contribution in [3.05, 3.63) is 95.6 Å². The van der Waals surface area contributed by atoms with Crippen LogP contribution in [0.25, 0.3) is 21.5 Å². The van der Waals surface area contributed by atoms with Crippen molar-refractivity contribution in [3.8, 4) is 0 Å². The molecular formula is C25H22N2OS. The van der Waals surface area contributed by atoms with Gasteiger partial charge in [-0.3, -0.25) is 4.79 Å². The second-order valence-corrected chi connectivity index (χ2v) is 7.93. The van der Waals surface area contributed by atoms with E-state index in [2.05, 4.69) is 59.9 Å². The fourth-order valence-electron chi connectivity index (χ4n) is 3.41. The number of hydrazone groups is 1. The van der Waals surface area contributed by atoms with Crippen LogP contribution in [0, 0.1) is 6.92 Å². The van der Waals surface area contributed by atoms with Crippen molar-refractivity contribution in [3.63, 3.8) is 0 Å². The van der Waals surface area contributed by atoms with Crippen molar-refractivity contribution in [1.82, 2.24) is 5.43 Å². The van der Waals surface area contributed by atoms with Crippen LogP contribution in [0.2, 0.25) is 0 Å². The number of hydrogen-bond donors (Lipinski definition) is 1. The highest BCUT2D eigenvalue weighted by Gasteiger charge is 2.06. The van der Waals surface area contributed by atoms with Crippen LogP contribution in [0.3, 0.4) is 0 Å². The van der Waals surface area contributed by atoms with Crippen molar-refractivity contribution in [2.45, 2.75) is 12.7 Å². The Kier molecular flexibility index (Phi) is 5.92. The van der Waals surface area contributed by atoms with Gasteiger partial charge in [0.1, 0.15) is 0 Å². The third-order valence-corrected chi connectivity index (χ3v) is 5.93. The Bertz CT molecular complexity index is 1150. The molecule has 0 bridgehead atoms. The van der Waals surface area contributed by atoms with Gasteiger partial charge in [0.2, 0.25) is 5.91 Å². The van der Waals surface area contributed by atoms with Crippen LogP contribution in [0.4, 0.5) is 0 Å². The average Bonchev–Trinajstić information content (AvgIpc) is 2.74. The molecular weight excluding hydrogens is 376 g/mol. The van der Waals surface area contributed by atoms with Gasteiger partial charge in [0, 0.05) is 11.3 Å². The highest BCUT2D eigenvalue weighted by molar-refractivity contribution is 7.99. The zero-order chi connectivity index (χ0) is 20.1. The predicted octanol–water partition coefficient (Wildman–Crippen LogP) is 5.68. The minimum absolute atomic E-state index is 0.0932. The van der Waals surface area contributed by atoms with E-state index in [0.29, 0.717) is 5.75 Å². The fraction of sp³-hybridized carbons (Fsp3) is 0.120. The molecule has 0 radical (unpaired) electrons. The zero-order valence-electron chi connectivity index (χ0n) is 16.3. The monoisotopic (exact) mass is 398 g/mol. The summed E-state index contributed by atoms with van der Waals surface area (Å²) in [7, 11) is 0. The van der Waals surface area contributed by atoms with E-state index in [1.54, 1.807) is 18.0 Å². The molecule has 3 nitrogen and oxygen atoms in total. The summed E-state index contributed by atoms with van der Waals surface area (Å²) < 4.78 is 0. The minimum atomic E-state index is -0.0932. The fourth-order valence-corrected chi connectivity index (χ4v) is 4.31. The molecule has 0 aliphatic rings. The summed E-state index contributed by atoms with van der Waals surface area (Å²) in [4.78, 5) is 12.2. The van der Waals surface area contributed by atoms with Gasteiger partial charge in [0.05, 0.1) is 12.0 Å². The number of carbonyl (C=O) groups is 1. The number of hydrogen-bond acceptors (Lipinski definition) is 3. The second-order valence-electron chi connectivity index (χ2n) is 6.94. The van der Waals surface area contributed by atoms with Crippen molar-refractivity contribution >= 4 is 45.4 Å². The first-order valence-corrected chi connectivity index (χ1v) is 10.7. The third kappa shape index (κ3) is 4.49. The minimum Gasteiger partial charge on any atom is -0.272 e. The van der Waals surface area contributed by atoms with E-state index < -0.39 is 0 Å². The smallest absolute Gasteiger partial charge is 0.250 e. The number of aryl methyl sites for hydroxylation is 1. The Morgan fingerprint density at radius 1 is 0.931 bits per heavy atom. The molecule has 29 heavy (non-hydrogen) atoms. The predicted molar refractivity (Wildman–Crippen MR) is 125 cm³/mol. The molecule has 0 saturated heterocycles. The Labute approximate surface area is 174 Å². The molecule has 0 aliphatic carbocycles. The van der Waals surface area contributed by atoms with E-state index in [1.165, 1.54) is 11.1 Å². The summed E-state index contributed by atoms with van der Waals surface area (Å²) in [5.74, 6) is 1.10. The molecule has 0 saturated carbocycles. The maximum absolute atomic E-state index is 12.2. The summed E-state index contributed by atoms with van der Waals surface area (Å²) >= 11 is 1.59. The second kappa shape index (κ2) is 8.93. The first-order chi connectivity index (χ1) is 14.2. The highest BCUT2D eigenvalue weighted by atomic mass is 32.2. The molecule has 1 N–H and O–H groups in total. The molecule has 0 aromatic heterocycles. The standard InChI is InChI=1S/C25H22N2OS/c1-18-8-2-3-11-21(18)16-29-17-25(28)27-26-15-24-22-12-6-4-9-19(22)14-20-10-5-7-13-23(20)24/h2-15H,16-17H2,1H3,(H,27,28)/b26-15+. The Balaban J connectivity index is 1.45. The number of fused-ring (bicyclic) bond motifs is 2. The van der Waals surface area contributed by atoms with E-state index in [4.69, 9.17) is 0 Å². The maximum Gasteiger partial charge on any atom is 0.250 e. The Morgan fingerprint density at radius 2 is 1.55 bits per heavy atom. The Hall–Kier alpha value is -3.11. The van der Waals surface area contributed by atoms with Crippen molar-refractivity contribution in [2.75, 3.05) is 5.75 Å². The number of rotatable bonds is 6. The Morgan fingerprint density at radius 3 is 2.24 bits per heavy atom. The van der Waals surface area contributed by atoms with Gasteiger partial charge < -0.3 is 0 Å². The van der Waals surface area contributed by atoms with Gasteiger partial charge in [-0.05, 0) is 45.7 Å². The number of amides is 1. The lowest BCUT2D eigenvalue weighted by atomic mass is 9.97. The lowest BCUT2D eigenvalue weighted by Crippen LogP contribution is -2.19. The summed E-state index contributed by atoms with van der Waals surface area (Å²) in [6.45, 7) is 2.09. The van der Waals surface area contributed by atoms with Gasteiger partial charge in [0.15, 0.2) is 0 Å². The van der Waals surface area contributed by atoms with Crippen LogP contribution < -0.4 is 5.43 Å². The lowest BCUT2D eigenvalue weighted by molar-refractivity contribution is -0.118. The third-order valence-electron chi connectivity index (χ3n) is 4.95. The maximum atomic E-state index is 12.2. The van der Waals surface area contributed by atoms with Crippen molar-refractivity contribution < 1.29 is 4.79 Å². The highest BCUT2D eigenvalue weighted by Crippen LogP contribution is 2.27. The van der Waals surface area contributed by atoms with E-state index in [1.807, 2.05) is 36.4 Å². The first-order valence-electron chi connectivity index (χ1n) is 9.57. The lowest BCUT2D eigenvalue weighted by Gasteiger charge is -2.08. The molecule has 0 spiro atoms. The number of benzene rings is 4. The van der Waals surface area contributed by atoms with Gasteiger partial charge in [-0.25, -0.2) is 5.43 Å². The molecule has 0 atom stereocenters. The van der Waals surface area contributed by atoms with Crippen molar-refractivity contribution in [2.24, 2.45) is 5.10 Å². The molecule has 4 rings (SSSR count). The van der Waals surface area contributed by atoms with Crippen LogP contribution in [0.1, 0.15) is 16.7 Å². The molecule has 4 aromatic carbocycles. The van der Waals surface area contributed by atoms with Gasteiger partial charge in [0.25, 0.3) is 0 Å². The molecule has 4 heteroatoms. The summed E-state index contributed by atoms with van der Waals surface area (Å²) in [5, 5.41) is 8.81. The SMILES string of the molecule is Cc1ccccc1CSCC(=O)N/N=C/c1c2ccccc2cc2ccccc12. The zero-order valence-corrected chi connectivity index (χ0v) is 17.1. The first kappa shape index (κ1) is 19.2. The van der Waals surface area contributed by atoms with E-state index >= 15 is 0 Å². The van der Waals surface area contributed by atoms with Gasteiger partial charge in [-0.2, -0.15) is 5.10 Å². The number of nitrogens with one attached hydrogen (secondary N) is 1. The normalized spacial score (nSPS) is 11.3. The van der Waals surface area contributed by atoms with Crippen LogP contribution in [0.15, 0.2) is 84.0 Å². The van der Waals surface area contributed by atoms with Crippen LogP contribution >= 0.6 is 11.8 Å². The van der Waals surface area contributed by atoms with Crippen molar-refractivity contribution in [1.29, 1.82) is 0 Å². The number of carbonyl (C=O) groups excluding carboxylic acids is 1. The number of thioether (sulfide) groups is 1. The van der Waals surface area contributed by atoms with Gasteiger partial charge in [-0.15, -0.1) is 11.8 Å². The molecule has 144 valence electrons. The average molecular weight is 399 g/mol. The van der Waals surface area contributed by atoms with E-state index in [9.17, 15) is 4.79 Å². The van der Waals surface area contributed by atoms with Gasteiger partial charge >= 0.3 is 0 Å². The quantitative estimate of drug-likeness (QED) is 0.258. The van der Waals surface area contributed by atoms with Crippen LogP contribution in [-0.4, -0.2) is 17.9 Å². The molecule has 4 aromatic rings.